The molecule has 2 amide bonds. The van der Waals surface area contributed by atoms with Gasteiger partial charge in [0.05, 0.1) is 11.2 Å². The fraction of sp³-hybridized carbons (Fsp3) is 0.312. The molecule has 1 N–H and O–H groups in total. The summed E-state index contributed by atoms with van der Waals surface area (Å²) in [7, 11) is 0. The highest BCUT2D eigenvalue weighted by Crippen LogP contribution is 2.22. The SMILES string of the molecule is Cc1ccc(N2CC[C@H](NC(=O)c3scnc3C)C2=O)cc1. The lowest BCUT2D eigenvalue weighted by atomic mass is 10.2. The van der Waals surface area contributed by atoms with Gasteiger partial charge in [0.15, 0.2) is 0 Å². The average molecular weight is 315 g/mol. The van der Waals surface area contributed by atoms with Gasteiger partial charge < -0.3 is 10.2 Å². The van der Waals surface area contributed by atoms with E-state index in [0.29, 0.717) is 23.5 Å². The summed E-state index contributed by atoms with van der Waals surface area (Å²) in [6, 6.07) is 7.37. The number of nitrogens with one attached hydrogen (secondary N) is 1. The lowest BCUT2D eigenvalue weighted by molar-refractivity contribution is -0.118. The van der Waals surface area contributed by atoms with E-state index in [2.05, 4.69) is 10.3 Å². The minimum Gasteiger partial charge on any atom is -0.339 e. The zero-order valence-electron chi connectivity index (χ0n) is 12.5. The maximum absolute atomic E-state index is 12.5. The minimum atomic E-state index is -0.463. The lowest BCUT2D eigenvalue weighted by Gasteiger charge is -2.17. The largest absolute Gasteiger partial charge is 0.339 e. The zero-order chi connectivity index (χ0) is 15.7. The Morgan fingerprint density at radius 3 is 2.68 bits per heavy atom. The highest BCUT2D eigenvalue weighted by atomic mass is 32.1. The molecular weight excluding hydrogens is 298 g/mol. The van der Waals surface area contributed by atoms with Gasteiger partial charge in [0, 0.05) is 12.2 Å². The number of aromatic nitrogens is 1. The van der Waals surface area contributed by atoms with E-state index >= 15 is 0 Å². The molecule has 6 heteroatoms. The Morgan fingerprint density at radius 2 is 2.05 bits per heavy atom. The molecule has 0 spiro atoms. The summed E-state index contributed by atoms with van der Waals surface area (Å²) < 4.78 is 0. The molecule has 114 valence electrons. The summed E-state index contributed by atoms with van der Waals surface area (Å²) >= 11 is 1.29. The molecule has 1 fully saturated rings. The van der Waals surface area contributed by atoms with Crippen molar-refractivity contribution in [2.45, 2.75) is 26.3 Å². The van der Waals surface area contributed by atoms with Crippen LogP contribution in [0.3, 0.4) is 0 Å². The van der Waals surface area contributed by atoms with Crippen LogP contribution in [0.2, 0.25) is 0 Å². The molecule has 0 bridgehead atoms. The van der Waals surface area contributed by atoms with Crippen LogP contribution >= 0.6 is 11.3 Å². The molecule has 1 aliphatic heterocycles. The number of aryl methyl sites for hydroxylation is 2. The van der Waals surface area contributed by atoms with Crippen LogP contribution in [0.15, 0.2) is 29.8 Å². The van der Waals surface area contributed by atoms with Gasteiger partial charge in [-0.25, -0.2) is 4.98 Å². The van der Waals surface area contributed by atoms with E-state index in [0.717, 1.165) is 11.3 Å². The van der Waals surface area contributed by atoms with E-state index < -0.39 is 6.04 Å². The number of thiazole rings is 1. The van der Waals surface area contributed by atoms with Gasteiger partial charge in [-0.2, -0.15) is 0 Å². The van der Waals surface area contributed by atoms with E-state index in [4.69, 9.17) is 0 Å². The minimum absolute atomic E-state index is 0.0561. The maximum Gasteiger partial charge on any atom is 0.263 e. The third-order valence-corrected chi connectivity index (χ3v) is 4.74. The van der Waals surface area contributed by atoms with Gasteiger partial charge >= 0.3 is 0 Å². The molecular formula is C16H17N3O2S. The van der Waals surface area contributed by atoms with Gasteiger partial charge in [-0.15, -0.1) is 11.3 Å². The summed E-state index contributed by atoms with van der Waals surface area (Å²) in [6.45, 7) is 4.42. The zero-order valence-corrected chi connectivity index (χ0v) is 13.3. The van der Waals surface area contributed by atoms with Gasteiger partial charge in [0.2, 0.25) is 5.91 Å². The first-order valence-electron chi connectivity index (χ1n) is 7.15. The molecule has 1 atom stereocenters. The van der Waals surface area contributed by atoms with E-state index in [1.165, 1.54) is 11.3 Å². The second-order valence-corrected chi connectivity index (χ2v) is 6.26. The van der Waals surface area contributed by atoms with Crippen molar-refractivity contribution in [2.75, 3.05) is 11.4 Å². The van der Waals surface area contributed by atoms with Crippen LogP contribution < -0.4 is 10.2 Å². The molecule has 0 aliphatic carbocycles. The molecule has 3 rings (SSSR count). The number of hydrogen-bond acceptors (Lipinski definition) is 4. The predicted octanol–water partition coefficient (Wildman–Crippen LogP) is 2.30. The Hall–Kier alpha value is -2.21. The molecule has 1 saturated heterocycles. The van der Waals surface area contributed by atoms with Crippen molar-refractivity contribution in [2.24, 2.45) is 0 Å². The first kappa shape index (κ1) is 14.7. The predicted molar refractivity (Wildman–Crippen MR) is 86.3 cm³/mol. The number of anilines is 1. The van der Waals surface area contributed by atoms with Crippen molar-refractivity contribution >= 4 is 28.8 Å². The number of hydrogen-bond donors (Lipinski definition) is 1. The number of benzene rings is 1. The van der Waals surface area contributed by atoms with Crippen molar-refractivity contribution in [3.63, 3.8) is 0 Å². The van der Waals surface area contributed by atoms with Crippen LogP contribution in [0, 0.1) is 13.8 Å². The fourth-order valence-electron chi connectivity index (χ4n) is 2.54. The highest BCUT2D eigenvalue weighted by Gasteiger charge is 2.34. The summed E-state index contributed by atoms with van der Waals surface area (Å²) in [5, 5.41) is 2.82. The molecule has 1 aliphatic rings. The van der Waals surface area contributed by atoms with Gasteiger partial charge in [-0.05, 0) is 32.4 Å². The monoisotopic (exact) mass is 315 g/mol. The maximum atomic E-state index is 12.5. The average Bonchev–Trinajstić information content (AvgIpc) is 3.07. The number of carbonyl (C=O) groups excluding carboxylic acids is 2. The Balaban J connectivity index is 1.70. The highest BCUT2D eigenvalue weighted by molar-refractivity contribution is 7.11. The molecule has 0 saturated carbocycles. The van der Waals surface area contributed by atoms with Crippen LogP contribution in [0.5, 0.6) is 0 Å². The van der Waals surface area contributed by atoms with Gasteiger partial charge in [-0.1, -0.05) is 17.7 Å². The summed E-state index contributed by atoms with van der Waals surface area (Å²) in [4.78, 5) is 31.0. The number of rotatable bonds is 3. The van der Waals surface area contributed by atoms with Gasteiger partial charge in [0.1, 0.15) is 10.9 Å². The summed E-state index contributed by atoms with van der Waals surface area (Å²) in [5.74, 6) is -0.275. The number of nitrogens with zero attached hydrogens (tertiary/aromatic N) is 2. The molecule has 2 aromatic rings. The number of carbonyl (C=O) groups is 2. The Labute approximate surface area is 133 Å². The summed E-state index contributed by atoms with van der Waals surface area (Å²) in [6.07, 6.45) is 0.621. The second-order valence-electron chi connectivity index (χ2n) is 5.41. The second kappa shape index (κ2) is 5.88. The fourth-order valence-corrected chi connectivity index (χ4v) is 3.24. The molecule has 1 aromatic carbocycles. The molecule has 0 radical (unpaired) electrons. The van der Waals surface area contributed by atoms with Crippen LogP contribution in [0.1, 0.15) is 27.3 Å². The third kappa shape index (κ3) is 2.74. The van der Waals surface area contributed by atoms with Crippen LogP contribution in [0.25, 0.3) is 0 Å². The van der Waals surface area contributed by atoms with Crippen LogP contribution in [-0.2, 0) is 4.79 Å². The molecule has 1 aromatic heterocycles. The first-order chi connectivity index (χ1) is 10.6. The Morgan fingerprint density at radius 1 is 1.32 bits per heavy atom. The Bertz CT molecular complexity index is 708. The van der Waals surface area contributed by atoms with E-state index in [-0.39, 0.29) is 11.8 Å². The molecule has 0 unspecified atom stereocenters. The Kier molecular flexibility index (Phi) is 3.94. The van der Waals surface area contributed by atoms with Crippen molar-refractivity contribution in [1.82, 2.24) is 10.3 Å². The topological polar surface area (TPSA) is 62.3 Å². The van der Waals surface area contributed by atoms with Crippen molar-refractivity contribution in [3.05, 3.63) is 45.9 Å². The lowest BCUT2D eigenvalue weighted by Crippen LogP contribution is -2.41. The normalized spacial score (nSPS) is 17.8. The van der Waals surface area contributed by atoms with E-state index in [1.807, 2.05) is 31.2 Å². The molecule has 22 heavy (non-hydrogen) atoms. The van der Waals surface area contributed by atoms with E-state index in [9.17, 15) is 9.59 Å². The van der Waals surface area contributed by atoms with Crippen molar-refractivity contribution in [3.8, 4) is 0 Å². The van der Waals surface area contributed by atoms with Crippen LogP contribution in [-0.4, -0.2) is 29.4 Å². The van der Waals surface area contributed by atoms with Crippen molar-refractivity contribution < 1.29 is 9.59 Å². The van der Waals surface area contributed by atoms with Gasteiger partial charge in [0.25, 0.3) is 5.91 Å². The van der Waals surface area contributed by atoms with Gasteiger partial charge in [-0.3, -0.25) is 9.59 Å². The quantitative estimate of drug-likeness (QED) is 0.945. The first-order valence-corrected chi connectivity index (χ1v) is 8.03. The van der Waals surface area contributed by atoms with Crippen molar-refractivity contribution in [1.29, 1.82) is 0 Å². The molecule has 2 heterocycles. The molecule has 5 nitrogen and oxygen atoms in total. The van der Waals surface area contributed by atoms with Crippen LogP contribution in [0.4, 0.5) is 5.69 Å². The third-order valence-electron chi connectivity index (χ3n) is 3.81. The van der Waals surface area contributed by atoms with E-state index in [1.54, 1.807) is 17.3 Å². The number of amides is 2. The summed E-state index contributed by atoms with van der Waals surface area (Å²) in [5.41, 5.74) is 4.37. The standard InChI is InChI=1S/C16H17N3O2S/c1-10-3-5-12(6-4-10)19-8-7-13(16(19)21)18-15(20)14-11(2)17-9-22-14/h3-6,9,13H,7-8H2,1-2H3,(H,18,20)/t13-/m0/s1. The smallest absolute Gasteiger partial charge is 0.263 e.